The van der Waals surface area contributed by atoms with Gasteiger partial charge in [-0.25, -0.2) is 9.59 Å². The molecule has 2 aromatic rings. The summed E-state index contributed by atoms with van der Waals surface area (Å²) >= 11 is 6.71. The molecular formula is C17H18N2O4S2. The number of methoxy groups -OCH3 is 1. The standard InChI is InChI=1S/C17H18N2O4S2/c1-8-5-6-11(15(20)21)7-12(8)18-17(24)19-14-13(16(22)23-4)9(2)10(3)25-14/h5-7H,1-4H3,(H,20,21)(H2,18,19,24). The highest BCUT2D eigenvalue weighted by atomic mass is 32.1. The normalized spacial score (nSPS) is 10.2. The van der Waals surface area contributed by atoms with Gasteiger partial charge in [0, 0.05) is 10.6 Å². The largest absolute Gasteiger partial charge is 0.478 e. The Bertz CT molecular complexity index is 859. The first kappa shape index (κ1) is 18.9. The maximum atomic E-state index is 12.0. The smallest absolute Gasteiger partial charge is 0.341 e. The van der Waals surface area contributed by atoms with Crippen LogP contribution in [0.5, 0.6) is 0 Å². The molecule has 0 saturated carbocycles. The van der Waals surface area contributed by atoms with Crippen molar-refractivity contribution in [1.29, 1.82) is 0 Å². The third kappa shape index (κ3) is 4.15. The Hall–Kier alpha value is -2.45. The molecule has 0 spiro atoms. The second-order valence-corrected chi connectivity index (χ2v) is 7.03. The maximum absolute atomic E-state index is 12.0. The molecule has 0 atom stereocenters. The summed E-state index contributed by atoms with van der Waals surface area (Å²) in [6.45, 7) is 5.60. The Morgan fingerprint density at radius 1 is 1.20 bits per heavy atom. The molecular weight excluding hydrogens is 360 g/mol. The first-order valence-electron chi connectivity index (χ1n) is 7.34. The van der Waals surface area contributed by atoms with Gasteiger partial charge < -0.3 is 20.5 Å². The molecule has 1 aromatic heterocycles. The minimum atomic E-state index is -1.01. The fraction of sp³-hybridized carbons (Fsp3) is 0.235. The van der Waals surface area contributed by atoms with Gasteiger partial charge in [-0.1, -0.05) is 6.07 Å². The number of hydrogen-bond donors (Lipinski definition) is 3. The van der Waals surface area contributed by atoms with Crippen LogP contribution in [-0.4, -0.2) is 29.3 Å². The van der Waals surface area contributed by atoms with Crippen molar-refractivity contribution in [1.82, 2.24) is 0 Å². The van der Waals surface area contributed by atoms with Crippen molar-refractivity contribution in [3.63, 3.8) is 0 Å². The predicted molar refractivity (Wildman–Crippen MR) is 103 cm³/mol. The van der Waals surface area contributed by atoms with Crippen molar-refractivity contribution in [2.45, 2.75) is 20.8 Å². The number of thiocarbonyl (C=S) groups is 1. The second-order valence-electron chi connectivity index (χ2n) is 5.39. The van der Waals surface area contributed by atoms with Crippen molar-refractivity contribution in [2.24, 2.45) is 0 Å². The number of rotatable bonds is 4. The van der Waals surface area contributed by atoms with Gasteiger partial charge in [0.25, 0.3) is 0 Å². The third-order valence-corrected chi connectivity index (χ3v) is 5.06. The van der Waals surface area contributed by atoms with Gasteiger partial charge in [-0.05, 0) is 56.2 Å². The molecule has 0 bridgehead atoms. The van der Waals surface area contributed by atoms with Crippen molar-refractivity contribution >= 4 is 51.3 Å². The van der Waals surface area contributed by atoms with Crippen LogP contribution in [0.1, 0.15) is 36.7 Å². The van der Waals surface area contributed by atoms with E-state index in [2.05, 4.69) is 10.6 Å². The van der Waals surface area contributed by atoms with Crippen LogP contribution < -0.4 is 10.6 Å². The average Bonchev–Trinajstić information content (AvgIpc) is 2.82. The van der Waals surface area contributed by atoms with Crippen LogP contribution in [0.25, 0.3) is 0 Å². The number of carbonyl (C=O) groups excluding carboxylic acids is 1. The molecule has 25 heavy (non-hydrogen) atoms. The lowest BCUT2D eigenvalue weighted by Gasteiger charge is -2.13. The van der Waals surface area contributed by atoms with Crippen LogP contribution in [0.3, 0.4) is 0 Å². The van der Waals surface area contributed by atoms with E-state index in [9.17, 15) is 9.59 Å². The van der Waals surface area contributed by atoms with Crippen molar-refractivity contribution in [2.75, 3.05) is 17.7 Å². The highest BCUT2D eigenvalue weighted by molar-refractivity contribution is 7.80. The molecule has 0 aliphatic carbocycles. The number of carbonyl (C=O) groups is 2. The summed E-state index contributed by atoms with van der Waals surface area (Å²) in [5.41, 5.74) is 2.88. The van der Waals surface area contributed by atoms with Crippen LogP contribution in [0.4, 0.5) is 10.7 Å². The molecule has 132 valence electrons. The zero-order valence-electron chi connectivity index (χ0n) is 14.2. The summed E-state index contributed by atoms with van der Waals surface area (Å²) in [6, 6.07) is 4.74. The van der Waals surface area contributed by atoms with E-state index >= 15 is 0 Å². The lowest BCUT2D eigenvalue weighted by Crippen LogP contribution is -2.21. The van der Waals surface area contributed by atoms with Crippen LogP contribution in [0.15, 0.2) is 18.2 Å². The SMILES string of the molecule is COC(=O)c1c(NC(=S)Nc2cc(C(=O)O)ccc2C)sc(C)c1C. The number of anilines is 2. The van der Waals surface area contributed by atoms with Crippen LogP contribution in [0.2, 0.25) is 0 Å². The van der Waals surface area contributed by atoms with Gasteiger partial charge >= 0.3 is 11.9 Å². The predicted octanol–water partition coefficient (Wildman–Crippen LogP) is 3.97. The molecule has 2 rings (SSSR count). The minimum Gasteiger partial charge on any atom is -0.478 e. The molecule has 0 aliphatic rings. The number of nitrogens with one attached hydrogen (secondary N) is 2. The van der Waals surface area contributed by atoms with Gasteiger partial charge in [0.2, 0.25) is 0 Å². The number of carboxylic acids is 1. The molecule has 3 N–H and O–H groups in total. The van der Waals surface area contributed by atoms with E-state index in [1.807, 2.05) is 20.8 Å². The van der Waals surface area contributed by atoms with Crippen molar-refractivity contribution in [3.8, 4) is 0 Å². The monoisotopic (exact) mass is 378 g/mol. The first-order chi connectivity index (χ1) is 11.7. The Labute approximate surface area is 154 Å². The number of hydrogen-bond acceptors (Lipinski definition) is 5. The van der Waals surface area contributed by atoms with Crippen LogP contribution >= 0.6 is 23.6 Å². The fourth-order valence-electron chi connectivity index (χ4n) is 2.21. The lowest BCUT2D eigenvalue weighted by atomic mass is 10.1. The van der Waals surface area contributed by atoms with Gasteiger partial charge in [0.05, 0.1) is 18.2 Å². The van der Waals surface area contributed by atoms with E-state index in [-0.39, 0.29) is 10.7 Å². The zero-order valence-corrected chi connectivity index (χ0v) is 15.9. The minimum absolute atomic E-state index is 0.161. The third-order valence-electron chi connectivity index (χ3n) is 3.73. The molecule has 6 nitrogen and oxygen atoms in total. The number of esters is 1. The van der Waals surface area contributed by atoms with Gasteiger partial charge in [0.15, 0.2) is 5.11 Å². The fourth-order valence-corrected chi connectivity index (χ4v) is 3.54. The Kier molecular flexibility index (Phi) is 5.76. The van der Waals surface area contributed by atoms with Crippen LogP contribution in [-0.2, 0) is 4.74 Å². The number of ether oxygens (including phenoxy) is 1. The van der Waals surface area contributed by atoms with Gasteiger partial charge in [-0.15, -0.1) is 11.3 Å². The molecule has 0 unspecified atom stereocenters. The summed E-state index contributed by atoms with van der Waals surface area (Å²) in [7, 11) is 1.33. The summed E-state index contributed by atoms with van der Waals surface area (Å²) < 4.78 is 4.83. The Balaban J connectivity index is 2.24. The maximum Gasteiger partial charge on any atom is 0.341 e. The highest BCUT2D eigenvalue weighted by Gasteiger charge is 2.21. The second kappa shape index (κ2) is 7.62. The average molecular weight is 378 g/mol. The molecule has 0 aliphatic heterocycles. The summed E-state index contributed by atoms with van der Waals surface area (Å²) in [4.78, 5) is 24.1. The van der Waals surface area contributed by atoms with E-state index in [0.29, 0.717) is 16.3 Å². The Morgan fingerprint density at radius 3 is 2.48 bits per heavy atom. The number of aromatic carboxylic acids is 1. The van der Waals surface area contributed by atoms with Crippen molar-refractivity contribution < 1.29 is 19.4 Å². The lowest BCUT2D eigenvalue weighted by molar-refractivity contribution is 0.0600. The van der Waals surface area contributed by atoms with E-state index in [1.54, 1.807) is 6.07 Å². The quantitative estimate of drug-likeness (QED) is 0.548. The molecule has 0 fully saturated rings. The topological polar surface area (TPSA) is 87.7 Å². The number of carboxylic acid groups (broad SMARTS) is 1. The summed E-state index contributed by atoms with van der Waals surface area (Å²) in [5, 5.41) is 15.9. The van der Waals surface area contributed by atoms with E-state index in [1.165, 1.54) is 30.6 Å². The van der Waals surface area contributed by atoms with Gasteiger partial charge in [-0.3, -0.25) is 0 Å². The zero-order chi connectivity index (χ0) is 18.7. The number of thiophene rings is 1. The molecule has 0 saturated heterocycles. The summed E-state index contributed by atoms with van der Waals surface area (Å²) in [5.74, 6) is -1.45. The summed E-state index contributed by atoms with van der Waals surface area (Å²) in [6.07, 6.45) is 0. The van der Waals surface area contributed by atoms with Crippen LogP contribution in [0, 0.1) is 20.8 Å². The Morgan fingerprint density at radius 2 is 1.88 bits per heavy atom. The van der Waals surface area contributed by atoms with Gasteiger partial charge in [0.1, 0.15) is 5.00 Å². The molecule has 0 amide bonds. The number of benzene rings is 1. The molecule has 1 aromatic carbocycles. The van der Waals surface area contributed by atoms with E-state index in [0.717, 1.165) is 16.0 Å². The first-order valence-corrected chi connectivity index (χ1v) is 8.57. The number of aryl methyl sites for hydroxylation is 2. The van der Waals surface area contributed by atoms with E-state index < -0.39 is 11.9 Å². The van der Waals surface area contributed by atoms with Crippen molar-refractivity contribution in [3.05, 3.63) is 45.3 Å². The highest BCUT2D eigenvalue weighted by Crippen LogP contribution is 2.33. The molecule has 0 radical (unpaired) electrons. The van der Waals surface area contributed by atoms with Gasteiger partial charge in [-0.2, -0.15) is 0 Å². The molecule has 1 heterocycles. The van der Waals surface area contributed by atoms with E-state index in [4.69, 9.17) is 22.1 Å². The molecule has 8 heteroatoms.